The van der Waals surface area contributed by atoms with Crippen LogP contribution in [0.1, 0.15) is 23.0 Å². The van der Waals surface area contributed by atoms with Gasteiger partial charge in [-0.15, -0.1) is 0 Å². The molecule has 1 aliphatic rings. The smallest absolute Gasteiger partial charge is 0.273 e. The monoisotopic (exact) mass is 298 g/mol. The molecule has 1 fully saturated rings. The number of pyridine rings is 1. The van der Waals surface area contributed by atoms with Crippen LogP contribution in [0.4, 0.5) is 5.69 Å². The third kappa shape index (κ3) is 2.52. The van der Waals surface area contributed by atoms with Gasteiger partial charge in [0, 0.05) is 48.8 Å². The largest absolute Gasteiger partial charge is 0.398 e. The van der Waals surface area contributed by atoms with Crippen molar-refractivity contribution in [3.63, 3.8) is 0 Å². The van der Waals surface area contributed by atoms with Crippen molar-refractivity contribution in [2.45, 2.75) is 13.8 Å². The lowest BCUT2D eigenvalue weighted by molar-refractivity contribution is 0.0639. The summed E-state index contributed by atoms with van der Waals surface area (Å²) in [5.41, 5.74) is 8.29. The number of likely N-dealkylation sites (N-methyl/N-ethyl adjacent to an activating group) is 1. The third-order valence-corrected chi connectivity index (χ3v) is 4.48. The first-order chi connectivity index (χ1) is 10.6. The molecule has 1 saturated heterocycles. The van der Waals surface area contributed by atoms with Gasteiger partial charge in [-0.25, -0.2) is 0 Å². The second-order valence-electron chi connectivity index (χ2n) is 5.78. The van der Waals surface area contributed by atoms with E-state index in [0.717, 1.165) is 49.1 Å². The molecule has 1 aromatic carbocycles. The van der Waals surface area contributed by atoms with Crippen molar-refractivity contribution in [3.8, 4) is 0 Å². The molecule has 3 rings (SSSR count). The van der Waals surface area contributed by atoms with E-state index in [4.69, 9.17) is 5.73 Å². The number of fused-ring (bicyclic) bond motifs is 1. The molecule has 0 aliphatic carbocycles. The van der Waals surface area contributed by atoms with Crippen molar-refractivity contribution in [2.24, 2.45) is 0 Å². The van der Waals surface area contributed by atoms with E-state index in [0.29, 0.717) is 11.4 Å². The number of piperazine rings is 1. The van der Waals surface area contributed by atoms with Gasteiger partial charge in [-0.3, -0.25) is 9.78 Å². The third-order valence-electron chi connectivity index (χ3n) is 4.48. The summed E-state index contributed by atoms with van der Waals surface area (Å²) in [7, 11) is 0. The van der Waals surface area contributed by atoms with E-state index < -0.39 is 0 Å². The summed E-state index contributed by atoms with van der Waals surface area (Å²) in [6.45, 7) is 8.54. The first-order valence-corrected chi connectivity index (χ1v) is 7.77. The normalized spacial score (nSPS) is 16.2. The molecular formula is C17H22N4O. The maximum atomic E-state index is 12.9. The topological polar surface area (TPSA) is 62.5 Å². The van der Waals surface area contributed by atoms with E-state index in [-0.39, 0.29) is 5.91 Å². The van der Waals surface area contributed by atoms with Crippen molar-refractivity contribution in [2.75, 3.05) is 38.5 Å². The van der Waals surface area contributed by atoms with E-state index in [2.05, 4.69) is 16.8 Å². The lowest BCUT2D eigenvalue weighted by Gasteiger charge is -2.34. The summed E-state index contributed by atoms with van der Waals surface area (Å²) in [6, 6.07) is 5.71. The number of hydrogen-bond acceptors (Lipinski definition) is 4. The minimum Gasteiger partial charge on any atom is -0.398 e. The van der Waals surface area contributed by atoms with Gasteiger partial charge in [-0.2, -0.15) is 0 Å². The second kappa shape index (κ2) is 5.93. The highest BCUT2D eigenvalue weighted by molar-refractivity contribution is 6.09. The Morgan fingerprint density at radius 1 is 1.23 bits per heavy atom. The summed E-state index contributed by atoms with van der Waals surface area (Å²) in [6.07, 6.45) is 1.67. The van der Waals surface area contributed by atoms with Crippen LogP contribution in [0.2, 0.25) is 0 Å². The highest BCUT2D eigenvalue weighted by atomic mass is 16.2. The van der Waals surface area contributed by atoms with Crippen molar-refractivity contribution >= 4 is 22.4 Å². The quantitative estimate of drug-likeness (QED) is 0.860. The Balaban J connectivity index is 1.97. The van der Waals surface area contributed by atoms with E-state index in [1.807, 2.05) is 30.0 Å². The van der Waals surface area contributed by atoms with Crippen LogP contribution < -0.4 is 5.73 Å². The average Bonchev–Trinajstić information content (AvgIpc) is 2.57. The Morgan fingerprint density at radius 2 is 1.95 bits per heavy atom. The molecular weight excluding hydrogens is 276 g/mol. The van der Waals surface area contributed by atoms with Crippen molar-refractivity contribution in [1.82, 2.24) is 14.8 Å². The fourth-order valence-electron chi connectivity index (χ4n) is 3.07. The van der Waals surface area contributed by atoms with Gasteiger partial charge >= 0.3 is 0 Å². The summed E-state index contributed by atoms with van der Waals surface area (Å²) >= 11 is 0. The molecule has 2 N–H and O–H groups in total. The maximum Gasteiger partial charge on any atom is 0.273 e. The van der Waals surface area contributed by atoms with E-state index in [9.17, 15) is 4.79 Å². The number of hydrogen-bond donors (Lipinski definition) is 1. The number of amides is 1. The van der Waals surface area contributed by atoms with Gasteiger partial charge < -0.3 is 15.5 Å². The lowest BCUT2D eigenvalue weighted by atomic mass is 10.0. The fraction of sp³-hybridized carbons (Fsp3) is 0.412. The van der Waals surface area contributed by atoms with Crippen LogP contribution in [-0.4, -0.2) is 53.4 Å². The van der Waals surface area contributed by atoms with E-state index >= 15 is 0 Å². The SMILES string of the molecule is CCN1CCN(C(=O)c2nccc3c(N)ccc(C)c23)CC1. The molecule has 0 saturated carbocycles. The van der Waals surface area contributed by atoms with Crippen LogP contribution in [0.25, 0.3) is 10.8 Å². The van der Waals surface area contributed by atoms with Gasteiger partial charge in [-0.05, 0) is 31.2 Å². The molecule has 0 bridgehead atoms. The van der Waals surface area contributed by atoms with Crippen molar-refractivity contribution in [1.29, 1.82) is 0 Å². The Kier molecular flexibility index (Phi) is 3.98. The van der Waals surface area contributed by atoms with Crippen LogP contribution in [0.15, 0.2) is 24.4 Å². The molecule has 0 radical (unpaired) electrons. The Hall–Kier alpha value is -2.14. The fourth-order valence-corrected chi connectivity index (χ4v) is 3.07. The summed E-state index contributed by atoms with van der Waals surface area (Å²) < 4.78 is 0. The predicted octanol–water partition coefficient (Wildman–Crippen LogP) is 1.90. The summed E-state index contributed by atoms with van der Waals surface area (Å²) in [4.78, 5) is 21.5. The number of carbonyl (C=O) groups is 1. The Bertz CT molecular complexity index is 705. The maximum absolute atomic E-state index is 12.9. The zero-order valence-corrected chi connectivity index (χ0v) is 13.2. The van der Waals surface area contributed by atoms with E-state index in [1.165, 1.54) is 0 Å². The molecule has 5 nitrogen and oxygen atoms in total. The van der Waals surface area contributed by atoms with Crippen LogP contribution in [0.3, 0.4) is 0 Å². The van der Waals surface area contributed by atoms with Gasteiger partial charge in [0.15, 0.2) is 0 Å². The number of nitrogens with zero attached hydrogens (tertiary/aromatic N) is 3. The minimum absolute atomic E-state index is 0.00931. The van der Waals surface area contributed by atoms with Gasteiger partial charge in [-0.1, -0.05) is 13.0 Å². The van der Waals surface area contributed by atoms with Crippen LogP contribution >= 0.6 is 0 Å². The van der Waals surface area contributed by atoms with E-state index in [1.54, 1.807) is 6.20 Å². The van der Waals surface area contributed by atoms with Crippen molar-refractivity contribution < 1.29 is 4.79 Å². The van der Waals surface area contributed by atoms with Crippen LogP contribution in [0.5, 0.6) is 0 Å². The zero-order valence-electron chi connectivity index (χ0n) is 13.2. The molecule has 0 atom stereocenters. The Labute approximate surface area is 130 Å². The Morgan fingerprint density at radius 3 is 2.64 bits per heavy atom. The number of rotatable bonds is 2. The number of aromatic nitrogens is 1. The molecule has 1 amide bonds. The van der Waals surface area contributed by atoms with Crippen molar-refractivity contribution in [3.05, 3.63) is 35.7 Å². The number of benzene rings is 1. The summed E-state index contributed by atoms with van der Waals surface area (Å²) in [5.74, 6) is 0.00931. The predicted molar refractivity (Wildman–Crippen MR) is 88.9 cm³/mol. The molecule has 0 unspecified atom stereocenters. The van der Waals surface area contributed by atoms with Gasteiger partial charge in [0.2, 0.25) is 0 Å². The second-order valence-corrected chi connectivity index (χ2v) is 5.78. The highest BCUT2D eigenvalue weighted by Gasteiger charge is 2.24. The molecule has 0 spiro atoms. The highest BCUT2D eigenvalue weighted by Crippen LogP contribution is 2.27. The average molecular weight is 298 g/mol. The lowest BCUT2D eigenvalue weighted by Crippen LogP contribution is -2.48. The molecule has 2 heterocycles. The first-order valence-electron chi connectivity index (χ1n) is 7.77. The molecule has 1 aromatic heterocycles. The molecule has 22 heavy (non-hydrogen) atoms. The number of nitrogens with two attached hydrogens (primary N) is 1. The zero-order chi connectivity index (χ0) is 15.7. The number of anilines is 1. The molecule has 2 aromatic rings. The van der Waals surface area contributed by atoms with Gasteiger partial charge in [0.1, 0.15) is 5.69 Å². The standard InChI is InChI=1S/C17H22N4O/c1-3-20-8-10-21(11-9-20)17(22)16-15-12(2)4-5-14(18)13(15)6-7-19-16/h4-7H,3,8-11,18H2,1-2H3. The van der Waals surface area contributed by atoms with Gasteiger partial charge in [0.05, 0.1) is 0 Å². The molecule has 116 valence electrons. The number of aryl methyl sites for hydroxylation is 1. The molecule has 1 aliphatic heterocycles. The number of carbonyl (C=O) groups excluding carboxylic acids is 1. The van der Waals surface area contributed by atoms with Gasteiger partial charge in [0.25, 0.3) is 5.91 Å². The van der Waals surface area contributed by atoms with Crippen LogP contribution in [0, 0.1) is 6.92 Å². The molecule has 5 heteroatoms. The number of nitrogen functional groups attached to an aromatic ring is 1. The summed E-state index contributed by atoms with van der Waals surface area (Å²) in [5, 5.41) is 1.79. The minimum atomic E-state index is 0.00931. The van der Waals surface area contributed by atoms with Crippen LogP contribution in [-0.2, 0) is 0 Å². The first kappa shape index (κ1) is 14.8.